The summed E-state index contributed by atoms with van der Waals surface area (Å²) in [5.41, 5.74) is 0. The maximum absolute atomic E-state index is 11.7. The molecule has 1 heterocycles. The molecule has 0 aromatic carbocycles. The number of carbonyl (C=O) groups excluding carboxylic acids is 1. The van der Waals surface area contributed by atoms with Crippen LogP contribution in [-0.2, 0) is 14.3 Å². The molecular weight excluding hydrogens is 240 g/mol. The first-order chi connectivity index (χ1) is 9.23. The fourth-order valence-electron chi connectivity index (χ4n) is 3.70. The fraction of sp³-hybridized carbons (Fsp3) is 0.938. The van der Waals surface area contributed by atoms with E-state index in [9.17, 15) is 4.79 Å². The second-order valence-corrected chi connectivity index (χ2v) is 5.11. The lowest BCUT2D eigenvalue weighted by Gasteiger charge is -2.43. The molecule has 0 radical (unpaired) electrons. The zero-order valence-corrected chi connectivity index (χ0v) is 13.2. The summed E-state index contributed by atoms with van der Waals surface area (Å²) >= 11 is 0. The summed E-state index contributed by atoms with van der Waals surface area (Å²) in [6.45, 7) is 11.6. The predicted octanol–water partition coefficient (Wildman–Crippen LogP) is 3.81. The summed E-state index contributed by atoms with van der Waals surface area (Å²) in [5, 5.41) is 0. The summed E-state index contributed by atoms with van der Waals surface area (Å²) in [5.74, 6) is 1.32. The molecule has 1 aliphatic heterocycles. The Kier molecular flexibility index (Phi) is 6.48. The van der Waals surface area contributed by atoms with Crippen LogP contribution in [0, 0.1) is 17.8 Å². The van der Waals surface area contributed by atoms with E-state index in [0.717, 1.165) is 38.9 Å². The second kappa shape index (κ2) is 7.39. The van der Waals surface area contributed by atoms with Crippen molar-refractivity contribution in [2.75, 3.05) is 13.2 Å². The zero-order chi connectivity index (χ0) is 14.5. The van der Waals surface area contributed by atoms with Crippen LogP contribution in [0.3, 0.4) is 0 Å². The molecule has 0 amide bonds. The van der Waals surface area contributed by atoms with Crippen molar-refractivity contribution in [1.29, 1.82) is 0 Å². The second-order valence-electron chi connectivity index (χ2n) is 5.11. The van der Waals surface area contributed by atoms with Gasteiger partial charge in [0.15, 0.2) is 5.79 Å². The standard InChI is InChI=1S/C12H18O3.2C2H6/c1-8-9-2-3-11(13)10(9)4-5-12(8)14-6-7-15-12;2*1-2/h8-10H,2-7H2,1H3;2*1-2H3. The Morgan fingerprint density at radius 2 is 1.63 bits per heavy atom. The maximum Gasteiger partial charge on any atom is 0.171 e. The van der Waals surface area contributed by atoms with Crippen molar-refractivity contribution < 1.29 is 14.3 Å². The lowest BCUT2D eigenvalue weighted by Crippen LogP contribution is -2.47. The van der Waals surface area contributed by atoms with Crippen LogP contribution in [0.15, 0.2) is 0 Å². The van der Waals surface area contributed by atoms with E-state index >= 15 is 0 Å². The molecule has 3 nitrogen and oxygen atoms in total. The third-order valence-electron chi connectivity index (χ3n) is 4.57. The predicted molar refractivity (Wildman–Crippen MR) is 77.0 cm³/mol. The molecule has 0 aromatic rings. The average molecular weight is 270 g/mol. The summed E-state index contributed by atoms with van der Waals surface area (Å²) < 4.78 is 11.6. The van der Waals surface area contributed by atoms with Crippen LogP contribution in [0.5, 0.6) is 0 Å². The van der Waals surface area contributed by atoms with Crippen molar-refractivity contribution in [3.63, 3.8) is 0 Å². The van der Waals surface area contributed by atoms with E-state index in [1.807, 2.05) is 27.7 Å². The minimum Gasteiger partial charge on any atom is -0.347 e. The largest absolute Gasteiger partial charge is 0.347 e. The van der Waals surface area contributed by atoms with Gasteiger partial charge in [0.25, 0.3) is 0 Å². The molecule has 19 heavy (non-hydrogen) atoms. The first-order valence-electron chi connectivity index (χ1n) is 8.03. The Hall–Kier alpha value is -0.410. The topological polar surface area (TPSA) is 35.5 Å². The number of fused-ring (bicyclic) bond motifs is 1. The summed E-state index contributed by atoms with van der Waals surface area (Å²) in [6, 6.07) is 0. The van der Waals surface area contributed by atoms with Gasteiger partial charge in [0.1, 0.15) is 5.78 Å². The summed E-state index contributed by atoms with van der Waals surface area (Å²) in [6.07, 6.45) is 3.68. The molecule has 0 aromatic heterocycles. The van der Waals surface area contributed by atoms with E-state index < -0.39 is 0 Å². The Bertz CT molecular complexity index is 282. The van der Waals surface area contributed by atoms with Crippen molar-refractivity contribution >= 4 is 5.78 Å². The number of rotatable bonds is 0. The van der Waals surface area contributed by atoms with Gasteiger partial charge in [0, 0.05) is 24.7 Å². The molecule has 3 atom stereocenters. The van der Waals surface area contributed by atoms with Crippen LogP contribution in [-0.4, -0.2) is 24.8 Å². The number of hydrogen-bond donors (Lipinski definition) is 0. The van der Waals surface area contributed by atoms with Crippen LogP contribution in [0.4, 0.5) is 0 Å². The van der Waals surface area contributed by atoms with Crippen molar-refractivity contribution in [2.45, 2.75) is 66.1 Å². The minimum absolute atomic E-state index is 0.304. The third kappa shape index (κ3) is 3.03. The van der Waals surface area contributed by atoms with Crippen LogP contribution in [0.25, 0.3) is 0 Å². The van der Waals surface area contributed by atoms with Crippen LogP contribution in [0.1, 0.15) is 60.3 Å². The van der Waals surface area contributed by atoms with Gasteiger partial charge in [-0.15, -0.1) is 0 Å². The van der Waals surface area contributed by atoms with Crippen molar-refractivity contribution in [1.82, 2.24) is 0 Å². The number of hydrogen-bond acceptors (Lipinski definition) is 3. The normalized spacial score (nSPS) is 35.0. The Labute approximate surface area is 118 Å². The Morgan fingerprint density at radius 3 is 2.21 bits per heavy atom. The fourth-order valence-corrected chi connectivity index (χ4v) is 3.70. The smallest absolute Gasteiger partial charge is 0.171 e. The summed E-state index contributed by atoms with van der Waals surface area (Å²) in [4.78, 5) is 11.7. The van der Waals surface area contributed by atoms with Gasteiger partial charge in [-0.25, -0.2) is 0 Å². The highest BCUT2D eigenvalue weighted by molar-refractivity contribution is 5.83. The molecule has 3 rings (SSSR count). The van der Waals surface area contributed by atoms with E-state index in [-0.39, 0.29) is 5.79 Å². The van der Waals surface area contributed by atoms with E-state index in [1.54, 1.807) is 0 Å². The molecule has 1 saturated heterocycles. The molecule has 3 aliphatic rings. The van der Waals surface area contributed by atoms with Crippen molar-refractivity contribution in [3.05, 3.63) is 0 Å². The van der Waals surface area contributed by atoms with Gasteiger partial charge in [-0.2, -0.15) is 0 Å². The molecule has 112 valence electrons. The van der Waals surface area contributed by atoms with Gasteiger partial charge in [0.2, 0.25) is 0 Å². The van der Waals surface area contributed by atoms with E-state index in [2.05, 4.69) is 6.92 Å². The molecule has 2 saturated carbocycles. The van der Waals surface area contributed by atoms with Crippen LogP contribution < -0.4 is 0 Å². The van der Waals surface area contributed by atoms with Crippen molar-refractivity contribution in [3.8, 4) is 0 Å². The Balaban J connectivity index is 0.000000415. The zero-order valence-electron chi connectivity index (χ0n) is 13.2. The highest BCUT2D eigenvalue weighted by Crippen LogP contribution is 2.50. The SMILES string of the molecule is CC.CC.CC1C2CCC(=O)C2CCC12OCCO2. The van der Waals surface area contributed by atoms with Crippen LogP contribution in [0.2, 0.25) is 0 Å². The molecule has 3 unspecified atom stereocenters. The summed E-state index contributed by atoms with van der Waals surface area (Å²) in [7, 11) is 0. The van der Waals surface area contributed by atoms with Gasteiger partial charge in [0.05, 0.1) is 13.2 Å². The quantitative estimate of drug-likeness (QED) is 0.671. The van der Waals surface area contributed by atoms with Crippen LogP contribution >= 0.6 is 0 Å². The third-order valence-corrected chi connectivity index (χ3v) is 4.57. The molecule has 0 N–H and O–H groups in total. The molecular formula is C16H30O3. The van der Waals surface area contributed by atoms with Gasteiger partial charge in [-0.1, -0.05) is 34.6 Å². The van der Waals surface area contributed by atoms with Crippen molar-refractivity contribution in [2.24, 2.45) is 17.8 Å². The van der Waals surface area contributed by atoms with E-state index in [0.29, 0.717) is 23.5 Å². The molecule has 0 bridgehead atoms. The monoisotopic (exact) mass is 270 g/mol. The molecule has 2 aliphatic carbocycles. The number of Topliss-reactive ketones (excluding diaryl/α,β-unsaturated/α-hetero) is 1. The maximum atomic E-state index is 11.7. The molecule has 3 fully saturated rings. The van der Waals surface area contributed by atoms with Gasteiger partial charge in [-0.3, -0.25) is 4.79 Å². The van der Waals surface area contributed by atoms with Gasteiger partial charge < -0.3 is 9.47 Å². The lowest BCUT2D eigenvalue weighted by molar-refractivity contribution is -0.226. The highest BCUT2D eigenvalue weighted by atomic mass is 16.7. The van der Waals surface area contributed by atoms with E-state index in [4.69, 9.17) is 9.47 Å². The number of ketones is 1. The minimum atomic E-state index is -0.341. The highest BCUT2D eigenvalue weighted by Gasteiger charge is 2.54. The molecule has 1 spiro atoms. The first-order valence-corrected chi connectivity index (χ1v) is 8.03. The number of ether oxygens (including phenoxy) is 2. The Morgan fingerprint density at radius 1 is 1.05 bits per heavy atom. The number of carbonyl (C=O) groups is 1. The lowest BCUT2D eigenvalue weighted by atomic mass is 9.71. The average Bonchev–Trinajstić information content (AvgIpc) is 3.08. The van der Waals surface area contributed by atoms with Gasteiger partial charge >= 0.3 is 0 Å². The van der Waals surface area contributed by atoms with E-state index in [1.165, 1.54) is 0 Å². The molecule has 3 heteroatoms. The van der Waals surface area contributed by atoms with Gasteiger partial charge in [-0.05, 0) is 18.8 Å². The first kappa shape index (κ1) is 16.6.